The lowest BCUT2D eigenvalue weighted by molar-refractivity contribution is 0.915. The van der Waals surface area contributed by atoms with Gasteiger partial charge in [-0.3, -0.25) is 0 Å². The Morgan fingerprint density at radius 2 is 0.782 bits per heavy atom. The maximum Gasteiger partial charge on any atom is 0.164 e. The van der Waals surface area contributed by atoms with E-state index in [-0.39, 0.29) is 0 Å². The molecule has 0 atom stereocenters. The molecule has 0 amide bonds. The average molecular weight is 704 g/mol. The fraction of sp³-hybridized carbons (Fsp3) is 0. The van der Waals surface area contributed by atoms with Crippen LogP contribution in [-0.4, -0.2) is 24.7 Å². The van der Waals surface area contributed by atoms with E-state index < -0.39 is 0 Å². The number of benzene rings is 8. The zero-order chi connectivity index (χ0) is 36.6. The predicted octanol–water partition coefficient (Wildman–Crippen LogP) is 12.4. The summed E-state index contributed by atoms with van der Waals surface area (Å²) < 4.78 is 2.09. The third-order valence-electron chi connectivity index (χ3n) is 10.1. The molecule has 0 saturated heterocycles. The Labute approximate surface area is 318 Å². The monoisotopic (exact) mass is 703 g/mol. The second kappa shape index (κ2) is 13.8. The summed E-state index contributed by atoms with van der Waals surface area (Å²) in [7, 11) is 0. The number of aromatic nitrogens is 5. The summed E-state index contributed by atoms with van der Waals surface area (Å²) in [6.07, 6.45) is 0. The van der Waals surface area contributed by atoms with E-state index in [0.717, 1.165) is 66.8 Å². The molecule has 5 nitrogen and oxygen atoms in total. The van der Waals surface area contributed by atoms with Crippen LogP contribution in [-0.2, 0) is 0 Å². The van der Waals surface area contributed by atoms with Gasteiger partial charge >= 0.3 is 0 Å². The zero-order valence-corrected chi connectivity index (χ0v) is 29.8. The van der Waals surface area contributed by atoms with Gasteiger partial charge in [0, 0.05) is 27.6 Å². The number of hydrogen-bond donors (Lipinski definition) is 0. The van der Waals surface area contributed by atoms with Gasteiger partial charge in [0.05, 0.1) is 11.2 Å². The molecular formula is C50H33N5. The molecule has 0 aliphatic rings. The van der Waals surface area contributed by atoms with E-state index in [1.54, 1.807) is 0 Å². The average Bonchev–Trinajstić information content (AvgIpc) is 3.68. The van der Waals surface area contributed by atoms with Crippen LogP contribution in [0.5, 0.6) is 0 Å². The molecule has 8 aromatic carbocycles. The molecule has 10 rings (SSSR count). The summed E-state index contributed by atoms with van der Waals surface area (Å²) in [4.78, 5) is 14.8. The lowest BCUT2D eigenvalue weighted by Crippen LogP contribution is -2.00. The summed E-state index contributed by atoms with van der Waals surface area (Å²) >= 11 is 0. The largest absolute Gasteiger partial charge is 0.232 e. The highest BCUT2D eigenvalue weighted by atomic mass is 15.3. The Morgan fingerprint density at radius 3 is 1.40 bits per heavy atom. The van der Waals surface area contributed by atoms with Crippen LogP contribution < -0.4 is 0 Å². The molecule has 0 spiro atoms. The molecule has 0 fully saturated rings. The SMILES string of the molecule is c1ccc(-c2nc(-c3ccccc3)nc(-c3cccc(-c4cccc(-c5cccc(-n6nc(-c7ccccc7)c7c8ccccc8ccc76)c5)c4)c3)n2)cc1. The van der Waals surface area contributed by atoms with Gasteiger partial charge in [-0.25, -0.2) is 19.6 Å². The molecule has 2 heterocycles. The van der Waals surface area contributed by atoms with Crippen molar-refractivity contribution < 1.29 is 0 Å². The standard InChI is InChI=1S/C50H33N5/c1-4-16-35(17-5-1)47-46-44-28-11-10-15-34(44)29-30-45(46)55(54-47)43-27-14-25-41(33-43)39-23-12-22-38(31-39)40-24-13-26-42(32-40)50-52-48(36-18-6-2-7-19-36)51-49(53-50)37-20-8-3-9-21-37/h1-33H. The van der Waals surface area contributed by atoms with Gasteiger partial charge in [0.25, 0.3) is 0 Å². The van der Waals surface area contributed by atoms with Gasteiger partial charge in [-0.15, -0.1) is 0 Å². The zero-order valence-electron chi connectivity index (χ0n) is 29.8. The van der Waals surface area contributed by atoms with Crippen LogP contribution in [0, 0.1) is 0 Å². The highest BCUT2D eigenvalue weighted by Gasteiger charge is 2.17. The molecule has 55 heavy (non-hydrogen) atoms. The fourth-order valence-electron chi connectivity index (χ4n) is 7.36. The minimum atomic E-state index is 0.632. The van der Waals surface area contributed by atoms with Gasteiger partial charge in [-0.05, 0) is 63.4 Å². The van der Waals surface area contributed by atoms with Crippen molar-refractivity contribution >= 4 is 21.7 Å². The van der Waals surface area contributed by atoms with E-state index in [0.29, 0.717) is 17.5 Å². The van der Waals surface area contributed by atoms with Crippen LogP contribution in [0.2, 0.25) is 0 Å². The third-order valence-corrected chi connectivity index (χ3v) is 10.1. The maximum absolute atomic E-state index is 5.27. The summed E-state index contributed by atoms with van der Waals surface area (Å²) in [6.45, 7) is 0. The van der Waals surface area contributed by atoms with Crippen molar-refractivity contribution in [2.24, 2.45) is 0 Å². The fourth-order valence-corrected chi connectivity index (χ4v) is 7.36. The molecular weight excluding hydrogens is 671 g/mol. The van der Waals surface area contributed by atoms with Crippen molar-refractivity contribution in [2.75, 3.05) is 0 Å². The van der Waals surface area contributed by atoms with Crippen LogP contribution >= 0.6 is 0 Å². The predicted molar refractivity (Wildman–Crippen MR) is 225 cm³/mol. The molecule has 0 N–H and O–H groups in total. The van der Waals surface area contributed by atoms with E-state index >= 15 is 0 Å². The second-order valence-electron chi connectivity index (χ2n) is 13.6. The van der Waals surface area contributed by atoms with Crippen molar-refractivity contribution in [1.82, 2.24) is 24.7 Å². The summed E-state index contributed by atoms with van der Waals surface area (Å²) in [5.74, 6) is 1.92. The molecule has 0 unspecified atom stereocenters. The molecule has 0 aliphatic carbocycles. The van der Waals surface area contributed by atoms with E-state index in [9.17, 15) is 0 Å². The highest BCUT2D eigenvalue weighted by molar-refractivity contribution is 6.13. The minimum absolute atomic E-state index is 0.632. The van der Waals surface area contributed by atoms with Crippen molar-refractivity contribution in [1.29, 1.82) is 0 Å². The molecule has 0 radical (unpaired) electrons. The van der Waals surface area contributed by atoms with Crippen LogP contribution in [0.25, 0.3) is 95.0 Å². The van der Waals surface area contributed by atoms with Gasteiger partial charge in [-0.2, -0.15) is 5.10 Å². The van der Waals surface area contributed by atoms with E-state index in [1.165, 1.54) is 10.8 Å². The molecule has 0 aliphatic heterocycles. The molecule has 0 saturated carbocycles. The Kier molecular flexibility index (Phi) is 8.08. The van der Waals surface area contributed by atoms with Gasteiger partial charge < -0.3 is 0 Å². The van der Waals surface area contributed by atoms with Crippen LogP contribution in [0.4, 0.5) is 0 Å². The lowest BCUT2D eigenvalue weighted by atomic mass is 9.97. The summed E-state index contributed by atoms with van der Waals surface area (Å²) in [5, 5.41) is 8.82. The summed E-state index contributed by atoms with van der Waals surface area (Å²) in [5.41, 5.74) is 11.4. The molecule has 2 aromatic heterocycles. The van der Waals surface area contributed by atoms with Crippen molar-refractivity contribution in [3.8, 4) is 73.4 Å². The van der Waals surface area contributed by atoms with Crippen LogP contribution in [0.1, 0.15) is 0 Å². The van der Waals surface area contributed by atoms with Crippen molar-refractivity contribution in [2.45, 2.75) is 0 Å². The van der Waals surface area contributed by atoms with Gasteiger partial charge in [0.2, 0.25) is 0 Å². The number of fused-ring (bicyclic) bond motifs is 3. The quantitative estimate of drug-likeness (QED) is 0.166. The highest BCUT2D eigenvalue weighted by Crippen LogP contribution is 2.37. The Bertz CT molecular complexity index is 2910. The molecule has 0 bridgehead atoms. The van der Waals surface area contributed by atoms with Crippen molar-refractivity contribution in [3.05, 3.63) is 200 Å². The van der Waals surface area contributed by atoms with Crippen LogP contribution in [0.3, 0.4) is 0 Å². The first-order chi connectivity index (χ1) is 27.2. The van der Waals surface area contributed by atoms with Gasteiger partial charge in [0.15, 0.2) is 17.5 Å². The van der Waals surface area contributed by atoms with E-state index in [2.05, 4.69) is 138 Å². The second-order valence-corrected chi connectivity index (χ2v) is 13.6. The molecule has 258 valence electrons. The normalized spacial score (nSPS) is 11.3. The minimum Gasteiger partial charge on any atom is -0.232 e. The van der Waals surface area contributed by atoms with E-state index in [1.807, 2.05) is 66.7 Å². The van der Waals surface area contributed by atoms with Crippen LogP contribution in [0.15, 0.2) is 200 Å². The maximum atomic E-state index is 5.27. The first-order valence-electron chi connectivity index (χ1n) is 18.4. The van der Waals surface area contributed by atoms with Gasteiger partial charge in [-0.1, -0.05) is 170 Å². The number of nitrogens with zero attached hydrogens (tertiary/aromatic N) is 5. The smallest absolute Gasteiger partial charge is 0.164 e. The topological polar surface area (TPSA) is 56.5 Å². The first-order valence-corrected chi connectivity index (χ1v) is 18.4. The Morgan fingerprint density at radius 1 is 0.327 bits per heavy atom. The molecule has 10 aromatic rings. The third kappa shape index (κ3) is 6.14. The number of rotatable bonds is 7. The van der Waals surface area contributed by atoms with E-state index in [4.69, 9.17) is 20.1 Å². The lowest BCUT2D eigenvalue weighted by Gasteiger charge is -2.11. The van der Waals surface area contributed by atoms with Gasteiger partial charge in [0.1, 0.15) is 5.69 Å². The van der Waals surface area contributed by atoms with Crippen molar-refractivity contribution in [3.63, 3.8) is 0 Å². The summed E-state index contributed by atoms with van der Waals surface area (Å²) in [6, 6.07) is 69.3. The number of hydrogen-bond acceptors (Lipinski definition) is 4. The Balaban J connectivity index is 1.04. The Hall–Kier alpha value is -7.50. The molecule has 5 heteroatoms. The first kappa shape index (κ1) is 32.2.